The van der Waals surface area contributed by atoms with Crippen LogP contribution in [-0.4, -0.2) is 36.9 Å². The zero-order valence-electron chi connectivity index (χ0n) is 11.3. The fraction of sp³-hybridized carbons (Fsp3) is 0.267. The summed E-state index contributed by atoms with van der Waals surface area (Å²) < 4.78 is 26.6. The maximum atomic E-state index is 12.6. The second kappa shape index (κ2) is 5.13. The van der Waals surface area contributed by atoms with Gasteiger partial charge in [-0.2, -0.15) is 4.31 Å². The van der Waals surface area contributed by atoms with E-state index in [2.05, 4.69) is 0 Å². The average Bonchev–Trinajstić information content (AvgIpc) is 2.41. The molecule has 1 aliphatic heterocycles. The molecule has 0 spiro atoms. The minimum Gasteiger partial charge on any atom is -0.481 e. The summed E-state index contributed by atoms with van der Waals surface area (Å²) in [6, 6.07) is 12.5. The van der Waals surface area contributed by atoms with Gasteiger partial charge in [-0.3, -0.25) is 4.79 Å². The molecule has 2 aromatic carbocycles. The molecular formula is C15H15NO4S. The van der Waals surface area contributed by atoms with Crippen molar-refractivity contribution in [3.63, 3.8) is 0 Å². The first-order chi connectivity index (χ1) is 9.98. The van der Waals surface area contributed by atoms with E-state index < -0.39 is 16.0 Å². The van der Waals surface area contributed by atoms with Crippen LogP contribution >= 0.6 is 0 Å². The highest BCUT2D eigenvalue weighted by molar-refractivity contribution is 7.89. The highest BCUT2D eigenvalue weighted by Crippen LogP contribution is 2.30. The molecule has 1 saturated heterocycles. The Bertz CT molecular complexity index is 789. The van der Waals surface area contributed by atoms with E-state index in [0.29, 0.717) is 5.39 Å². The van der Waals surface area contributed by atoms with Crippen LogP contribution in [0, 0.1) is 5.92 Å². The third-order valence-electron chi connectivity index (χ3n) is 3.75. The van der Waals surface area contributed by atoms with E-state index in [-0.39, 0.29) is 30.3 Å². The van der Waals surface area contributed by atoms with Crippen molar-refractivity contribution in [1.82, 2.24) is 4.31 Å². The lowest BCUT2D eigenvalue weighted by Gasteiger charge is -2.37. The largest absolute Gasteiger partial charge is 0.481 e. The highest BCUT2D eigenvalue weighted by Gasteiger charge is 2.38. The van der Waals surface area contributed by atoms with Gasteiger partial charge in [0.05, 0.1) is 11.3 Å². The molecule has 0 amide bonds. The zero-order valence-corrected chi connectivity index (χ0v) is 12.1. The second-order valence-electron chi connectivity index (χ2n) is 5.26. The monoisotopic (exact) mass is 305 g/mol. The molecule has 5 nitrogen and oxygen atoms in total. The Hall–Kier alpha value is -1.92. The summed E-state index contributed by atoms with van der Waals surface area (Å²) in [5.41, 5.74) is 0. The molecule has 6 heteroatoms. The molecule has 0 aromatic heterocycles. The van der Waals surface area contributed by atoms with Gasteiger partial charge < -0.3 is 5.11 Å². The molecule has 0 aliphatic carbocycles. The zero-order chi connectivity index (χ0) is 15.0. The lowest BCUT2D eigenvalue weighted by atomic mass is 10.00. The fourth-order valence-corrected chi connectivity index (χ4v) is 4.46. The molecule has 1 fully saturated rings. The minimum absolute atomic E-state index is 0.0154. The van der Waals surface area contributed by atoms with E-state index in [1.54, 1.807) is 18.2 Å². The van der Waals surface area contributed by atoms with Crippen LogP contribution in [0.5, 0.6) is 0 Å². The molecule has 1 aliphatic rings. The summed E-state index contributed by atoms with van der Waals surface area (Å²) in [5.74, 6) is -0.977. The average molecular weight is 305 g/mol. The molecule has 0 unspecified atom stereocenters. The molecule has 2 aromatic rings. The highest BCUT2D eigenvalue weighted by atomic mass is 32.2. The number of hydrogen-bond acceptors (Lipinski definition) is 3. The molecule has 21 heavy (non-hydrogen) atoms. The summed E-state index contributed by atoms with van der Waals surface area (Å²) in [6.45, 7) is 0.551. The Morgan fingerprint density at radius 1 is 1.14 bits per heavy atom. The van der Waals surface area contributed by atoms with Gasteiger partial charge in [-0.15, -0.1) is 0 Å². The van der Waals surface area contributed by atoms with E-state index in [1.165, 1.54) is 4.31 Å². The third kappa shape index (κ3) is 2.52. The van der Waals surface area contributed by atoms with Gasteiger partial charge in [0, 0.05) is 18.5 Å². The van der Waals surface area contributed by atoms with Gasteiger partial charge in [0.25, 0.3) is 0 Å². The van der Waals surface area contributed by atoms with Crippen molar-refractivity contribution < 1.29 is 18.3 Å². The smallest absolute Gasteiger partial charge is 0.303 e. The number of rotatable bonds is 4. The SMILES string of the molecule is O=C(O)CC1CN(S(=O)(=O)c2cccc3ccccc23)C1. The normalized spacial score (nSPS) is 16.8. The van der Waals surface area contributed by atoms with Crippen LogP contribution in [0.2, 0.25) is 0 Å². The lowest BCUT2D eigenvalue weighted by Crippen LogP contribution is -2.50. The number of benzene rings is 2. The van der Waals surface area contributed by atoms with Gasteiger partial charge in [0.15, 0.2) is 0 Å². The molecule has 0 atom stereocenters. The van der Waals surface area contributed by atoms with Crippen LogP contribution in [0.15, 0.2) is 47.4 Å². The maximum Gasteiger partial charge on any atom is 0.303 e. The van der Waals surface area contributed by atoms with Crippen molar-refractivity contribution in [2.24, 2.45) is 5.92 Å². The van der Waals surface area contributed by atoms with Gasteiger partial charge in [-0.1, -0.05) is 36.4 Å². The third-order valence-corrected chi connectivity index (χ3v) is 5.64. The molecule has 1 N–H and O–H groups in total. The van der Waals surface area contributed by atoms with Crippen LogP contribution in [0.25, 0.3) is 10.8 Å². The number of carboxylic acid groups (broad SMARTS) is 1. The summed E-state index contributed by atoms with van der Waals surface area (Å²) in [7, 11) is -3.56. The lowest BCUT2D eigenvalue weighted by molar-refractivity contribution is -0.139. The predicted molar refractivity (Wildman–Crippen MR) is 78.4 cm³/mol. The Labute approximate surface area is 122 Å². The topological polar surface area (TPSA) is 74.7 Å². The quantitative estimate of drug-likeness (QED) is 0.936. The Balaban J connectivity index is 1.90. The van der Waals surface area contributed by atoms with E-state index >= 15 is 0 Å². The molecule has 110 valence electrons. The molecule has 3 rings (SSSR count). The van der Waals surface area contributed by atoms with E-state index in [1.807, 2.05) is 24.3 Å². The van der Waals surface area contributed by atoms with Crippen LogP contribution in [0.1, 0.15) is 6.42 Å². The molecule has 0 bridgehead atoms. The summed E-state index contributed by atoms with van der Waals surface area (Å²) in [5, 5.41) is 10.3. The van der Waals surface area contributed by atoms with Crippen LogP contribution in [0.4, 0.5) is 0 Å². The second-order valence-corrected chi connectivity index (χ2v) is 7.17. The van der Waals surface area contributed by atoms with Gasteiger partial charge in [-0.25, -0.2) is 8.42 Å². The standard InChI is InChI=1S/C15H15NO4S/c17-15(18)8-11-9-16(10-11)21(19,20)14-7-3-5-12-4-1-2-6-13(12)14/h1-7,11H,8-10H2,(H,17,18). The van der Waals surface area contributed by atoms with Crippen molar-refractivity contribution in [2.45, 2.75) is 11.3 Å². The van der Waals surface area contributed by atoms with Crippen molar-refractivity contribution in [3.8, 4) is 0 Å². The van der Waals surface area contributed by atoms with Crippen molar-refractivity contribution in [1.29, 1.82) is 0 Å². The molecule has 0 saturated carbocycles. The first kappa shape index (κ1) is 14.0. The van der Waals surface area contributed by atoms with Crippen molar-refractivity contribution >= 4 is 26.8 Å². The number of carbonyl (C=O) groups is 1. The number of nitrogens with zero attached hydrogens (tertiary/aromatic N) is 1. The first-order valence-electron chi connectivity index (χ1n) is 6.68. The number of carboxylic acids is 1. The van der Waals surface area contributed by atoms with Crippen LogP contribution in [-0.2, 0) is 14.8 Å². The van der Waals surface area contributed by atoms with E-state index in [4.69, 9.17) is 5.11 Å². The fourth-order valence-electron chi connectivity index (χ4n) is 2.65. The van der Waals surface area contributed by atoms with Crippen molar-refractivity contribution in [3.05, 3.63) is 42.5 Å². The van der Waals surface area contributed by atoms with Crippen molar-refractivity contribution in [2.75, 3.05) is 13.1 Å². The van der Waals surface area contributed by atoms with Gasteiger partial charge in [0.1, 0.15) is 0 Å². The summed E-state index contributed by atoms with van der Waals surface area (Å²) >= 11 is 0. The Morgan fingerprint density at radius 3 is 2.52 bits per heavy atom. The number of hydrogen-bond donors (Lipinski definition) is 1. The Kier molecular flexibility index (Phi) is 3.43. The minimum atomic E-state index is -3.56. The van der Waals surface area contributed by atoms with Gasteiger partial charge in [0.2, 0.25) is 10.0 Å². The summed E-state index contributed by atoms with van der Waals surface area (Å²) in [6.07, 6.45) is 0.0154. The Morgan fingerprint density at radius 2 is 1.81 bits per heavy atom. The van der Waals surface area contributed by atoms with Crippen LogP contribution < -0.4 is 0 Å². The summed E-state index contributed by atoms with van der Waals surface area (Å²) in [4.78, 5) is 10.9. The predicted octanol–water partition coefficient (Wildman–Crippen LogP) is 1.93. The van der Waals surface area contributed by atoms with E-state index in [9.17, 15) is 13.2 Å². The molecule has 1 heterocycles. The number of fused-ring (bicyclic) bond motifs is 1. The molecule has 0 radical (unpaired) electrons. The first-order valence-corrected chi connectivity index (χ1v) is 8.12. The van der Waals surface area contributed by atoms with E-state index in [0.717, 1.165) is 5.39 Å². The molecular weight excluding hydrogens is 290 g/mol. The van der Waals surface area contributed by atoms with Gasteiger partial charge in [-0.05, 0) is 17.4 Å². The van der Waals surface area contributed by atoms with Gasteiger partial charge >= 0.3 is 5.97 Å². The number of sulfonamides is 1. The number of aliphatic carboxylic acids is 1. The maximum absolute atomic E-state index is 12.6. The van der Waals surface area contributed by atoms with Crippen LogP contribution in [0.3, 0.4) is 0 Å².